The van der Waals surface area contributed by atoms with E-state index in [0.717, 1.165) is 0 Å². The molecule has 2 aromatic rings. The summed E-state index contributed by atoms with van der Waals surface area (Å²) in [6.07, 6.45) is 1.36. The lowest BCUT2D eigenvalue weighted by atomic mass is 10.1. The Balaban J connectivity index is 2.33. The fraction of sp³-hybridized carbons (Fsp3) is 0.0714. The van der Waals surface area contributed by atoms with Crippen molar-refractivity contribution >= 4 is 5.97 Å². The first-order valence-corrected chi connectivity index (χ1v) is 5.53. The first-order chi connectivity index (χ1) is 9.20. The van der Waals surface area contributed by atoms with Gasteiger partial charge < -0.3 is 9.84 Å². The lowest BCUT2D eigenvalue weighted by Crippen LogP contribution is -2.02. The van der Waals surface area contributed by atoms with Crippen molar-refractivity contribution in [3.8, 4) is 17.7 Å². The Hall–Kier alpha value is -2.87. The van der Waals surface area contributed by atoms with Crippen LogP contribution < -0.4 is 4.74 Å². The van der Waals surface area contributed by atoms with E-state index in [0.29, 0.717) is 16.9 Å². The van der Waals surface area contributed by atoms with Gasteiger partial charge in [-0.05, 0) is 18.2 Å². The van der Waals surface area contributed by atoms with Crippen LogP contribution in [0.1, 0.15) is 11.1 Å². The highest BCUT2D eigenvalue weighted by Crippen LogP contribution is 2.26. The third kappa shape index (κ3) is 3.07. The minimum absolute atomic E-state index is 0.148. The Morgan fingerprint density at radius 2 is 2.11 bits per heavy atom. The van der Waals surface area contributed by atoms with Gasteiger partial charge in [-0.3, -0.25) is 4.79 Å². The third-order valence-electron chi connectivity index (χ3n) is 2.41. The predicted molar refractivity (Wildman–Crippen MR) is 66.8 cm³/mol. The van der Waals surface area contributed by atoms with Crippen molar-refractivity contribution in [1.29, 1.82) is 5.26 Å². The van der Waals surface area contributed by atoms with Gasteiger partial charge in [-0.1, -0.05) is 18.2 Å². The summed E-state index contributed by atoms with van der Waals surface area (Å²) in [6, 6.07) is 12.0. The Morgan fingerprint density at radius 3 is 2.84 bits per heavy atom. The molecule has 0 aliphatic carbocycles. The summed E-state index contributed by atoms with van der Waals surface area (Å²) < 4.78 is 5.54. The smallest absolute Gasteiger partial charge is 0.307 e. The van der Waals surface area contributed by atoms with Crippen molar-refractivity contribution in [3.05, 3.63) is 53.7 Å². The summed E-state index contributed by atoms with van der Waals surface area (Å²) in [6.45, 7) is 0. The number of hydrogen-bond donors (Lipinski definition) is 1. The lowest BCUT2D eigenvalue weighted by Gasteiger charge is -2.09. The van der Waals surface area contributed by atoms with Crippen LogP contribution >= 0.6 is 0 Å². The standard InChI is InChI=1S/C14H10N2O3/c15-9-11-5-3-7-16-14(11)19-12-6-2-1-4-10(12)8-13(17)18/h1-7H,8H2,(H,17,18). The van der Waals surface area contributed by atoms with Crippen LogP contribution in [-0.4, -0.2) is 16.1 Å². The van der Waals surface area contributed by atoms with E-state index in [9.17, 15) is 4.79 Å². The third-order valence-corrected chi connectivity index (χ3v) is 2.41. The second kappa shape index (κ2) is 5.65. The molecule has 0 amide bonds. The fourth-order valence-electron chi connectivity index (χ4n) is 1.57. The van der Waals surface area contributed by atoms with Crippen molar-refractivity contribution < 1.29 is 14.6 Å². The molecule has 0 saturated heterocycles. The molecule has 1 N–H and O–H groups in total. The lowest BCUT2D eigenvalue weighted by molar-refractivity contribution is -0.136. The number of hydrogen-bond acceptors (Lipinski definition) is 4. The van der Waals surface area contributed by atoms with Crippen LogP contribution in [-0.2, 0) is 11.2 Å². The minimum Gasteiger partial charge on any atom is -0.481 e. The Bertz CT molecular complexity index is 647. The van der Waals surface area contributed by atoms with E-state index in [2.05, 4.69) is 4.98 Å². The van der Waals surface area contributed by atoms with Crippen LogP contribution in [0.5, 0.6) is 11.6 Å². The molecule has 1 aromatic heterocycles. The van der Waals surface area contributed by atoms with E-state index < -0.39 is 5.97 Å². The van der Waals surface area contributed by atoms with Gasteiger partial charge in [-0.15, -0.1) is 0 Å². The minimum atomic E-state index is -0.947. The average Bonchev–Trinajstić information content (AvgIpc) is 2.41. The fourth-order valence-corrected chi connectivity index (χ4v) is 1.57. The molecule has 94 valence electrons. The summed E-state index contributed by atoms with van der Waals surface area (Å²) in [5.74, 6) is -0.388. The molecule has 0 bridgehead atoms. The number of carboxylic acid groups (broad SMARTS) is 1. The molecule has 0 radical (unpaired) electrons. The zero-order valence-electron chi connectivity index (χ0n) is 9.91. The molecule has 0 unspecified atom stereocenters. The number of rotatable bonds is 4. The SMILES string of the molecule is N#Cc1cccnc1Oc1ccccc1CC(=O)O. The van der Waals surface area contributed by atoms with Crippen molar-refractivity contribution in [1.82, 2.24) is 4.98 Å². The van der Waals surface area contributed by atoms with Crippen LogP contribution in [0.4, 0.5) is 0 Å². The van der Waals surface area contributed by atoms with Gasteiger partial charge in [-0.25, -0.2) is 4.98 Å². The summed E-state index contributed by atoms with van der Waals surface area (Å²) in [4.78, 5) is 14.7. The van der Waals surface area contributed by atoms with Gasteiger partial charge in [0.25, 0.3) is 0 Å². The Kier molecular flexibility index (Phi) is 3.74. The Labute approximate surface area is 109 Å². The summed E-state index contributed by atoms with van der Waals surface area (Å²) in [7, 11) is 0. The second-order valence-corrected chi connectivity index (χ2v) is 3.75. The molecule has 0 aliphatic rings. The molecule has 1 aromatic carbocycles. The topological polar surface area (TPSA) is 83.2 Å². The van der Waals surface area contributed by atoms with Gasteiger partial charge in [0.15, 0.2) is 0 Å². The molecule has 19 heavy (non-hydrogen) atoms. The number of para-hydroxylation sites is 1. The molecule has 0 spiro atoms. The summed E-state index contributed by atoms with van der Waals surface area (Å²) in [5.41, 5.74) is 0.831. The van der Waals surface area contributed by atoms with Gasteiger partial charge in [0.1, 0.15) is 17.4 Å². The second-order valence-electron chi connectivity index (χ2n) is 3.75. The number of benzene rings is 1. The number of aliphatic carboxylic acids is 1. The molecular formula is C14H10N2O3. The van der Waals surface area contributed by atoms with Crippen LogP contribution in [0.2, 0.25) is 0 Å². The molecule has 2 rings (SSSR count). The first kappa shape index (κ1) is 12.6. The van der Waals surface area contributed by atoms with Crippen LogP contribution in [0, 0.1) is 11.3 Å². The molecule has 0 fully saturated rings. The van der Waals surface area contributed by atoms with Crippen LogP contribution in [0.25, 0.3) is 0 Å². The normalized spacial score (nSPS) is 9.63. The number of ether oxygens (including phenoxy) is 1. The zero-order chi connectivity index (χ0) is 13.7. The van der Waals surface area contributed by atoms with Crippen molar-refractivity contribution in [2.45, 2.75) is 6.42 Å². The highest BCUT2D eigenvalue weighted by Gasteiger charge is 2.11. The van der Waals surface area contributed by atoms with Gasteiger partial charge in [0, 0.05) is 11.8 Å². The number of pyridine rings is 1. The average molecular weight is 254 g/mol. The van der Waals surface area contributed by atoms with E-state index in [-0.39, 0.29) is 12.3 Å². The van der Waals surface area contributed by atoms with E-state index >= 15 is 0 Å². The zero-order valence-corrected chi connectivity index (χ0v) is 9.91. The highest BCUT2D eigenvalue weighted by atomic mass is 16.5. The monoisotopic (exact) mass is 254 g/mol. The molecule has 1 heterocycles. The number of nitrogens with zero attached hydrogens (tertiary/aromatic N) is 2. The quantitative estimate of drug-likeness (QED) is 0.905. The highest BCUT2D eigenvalue weighted by molar-refractivity contribution is 5.71. The molecule has 5 heteroatoms. The van der Waals surface area contributed by atoms with Crippen LogP contribution in [0.15, 0.2) is 42.6 Å². The first-order valence-electron chi connectivity index (χ1n) is 5.53. The molecule has 0 atom stereocenters. The number of aromatic nitrogens is 1. The number of carbonyl (C=O) groups is 1. The molecular weight excluding hydrogens is 244 g/mol. The maximum atomic E-state index is 10.8. The van der Waals surface area contributed by atoms with E-state index in [1.165, 1.54) is 6.20 Å². The van der Waals surface area contributed by atoms with Crippen molar-refractivity contribution in [3.63, 3.8) is 0 Å². The summed E-state index contributed by atoms with van der Waals surface area (Å²) in [5, 5.41) is 17.8. The van der Waals surface area contributed by atoms with Gasteiger partial charge >= 0.3 is 5.97 Å². The maximum absolute atomic E-state index is 10.8. The van der Waals surface area contributed by atoms with Gasteiger partial charge in [0.2, 0.25) is 5.88 Å². The predicted octanol–water partition coefficient (Wildman–Crippen LogP) is 2.37. The number of nitriles is 1. The van der Waals surface area contributed by atoms with E-state index in [4.69, 9.17) is 15.1 Å². The molecule has 0 aliphatic heterocycles. The number of carboxylic acids is 1. The maximum Gasteiger partial charge on any atom is 0.307 e. The molecule has 0 saturated carbocycles. The van der Waals surface area contributed by atoms with E-state index in [1.54, 1.807) is 36.4 Å². The van der Waals surface area contributed by atoms with E-state index in [1.807, 2.05) is 6.07 Å². The van der Waals surface area contributed by atoms with Gasteiger partial charge in [0.05, 0.1) is 6.42 Å². The Morgan fingerprint density at radius 1 is 1.32 bits per heavy atom. The summed E-state index contributed by atoms with van der Waals surface area (Å²) >= 11 is 0. The van der Waals surface area contributed by atoms with Crippen molar-refractivity contribution in [2.75, 3.05) is 0 Å². The van der Waals surface area contributed by atoms with Crippen LogP contribution in [0.3, 0.4) is 0 Å². The molecule has 5 nitrogen and oxygen atoms in total. The van der Waals surface area contributed by atoms with Crippen molar-refractivity contribution in [2.24, 2.45) is 0 Å². The largest absolute Gasteiger partial charge is 0.481 e. The van der Waals surface area contributed by atoms with Gasteiger partial charge in [-0.2, -0.15) is 5.26 Å².